The summed E-state index contributed by atoms with van der Waals surface area (Å²) in [6, 6.07) is 4.01. The van der Waals surface area contributed by atoms with E-state index in [1.54, 1.807) is 30.3 Å². The van der Waals surface area contributed by atoms with Crippen LogP contribution in [0.15, 0.2) is 35.3 Å². The first-order chi connectivity index (χ1) is 17.8. The molecular weight excluding hydrogens is 494 g/mol. The summed E-state index contributed by atoms with van der Waals surface area (Å²) in [5, 5.41) is 27.2. The van der Waals surface area contributed by atoms with Gasteiger partial charge in [0.15, 0.2) is 5.96 Å². The summed E-state index contributed by atoms with van der Waals surface area (Å²) in [5.74, 6) is -3.49. The third-order valence-corrected chi connectivity index (χ3v) is 5.60. The maximum Gasteiger partial charge on any atom is 0.326 e. The number of hydrogen-bond acceptors (Lipinski definition) is 7. The summed E-state index contributed by atoms with van der Waals surface area (Å²) in [6.45, 7) is 5.29. The van der Waals surface area contributed by atoms with Crippen LogP contribution in [0, 0.1) is 5.92 Å². The molecule has 1 rings (SSSR count). The number of amides is 3. The van der Waals surface area contributed by atoms with Gasteiger partial charge in [-0.15, -0.1) is 0 Å². The van der Waals surface area contributed by atoms with Crippen molar-refractivity contribution in [1.29, 1.82) is 0 Å². The van der Waals surface area contributed by atoms with E-state index in [1.807, 2.05) is 13.8 Å². The summed E-state index contributed by atoms with van der Waals surface area (Å²) in [5.41, 5.74) is 17.2. The van der Waals surface area contributed by atoms with Gasteiger partial charge >= 0.3 is 5.97 Å². The van der Waals surface area contributed by atoms with Crippen LogP contribution in [0.5, 0.6) is 0 Å². The van der Waals surface area contributed by atoms with Gasteiger partial charge in [0.2, 0.25) is 17.7 Å². The normalized spacial score (nSPS) is 14.9. The quantitative estimate of drug-likeness (QED) is 0.0703. The van der Waals surface area contributed by atoms with Gasteiger partial charge < -0.3 is 43.4 Å². The third-order valence-electron chi connectivity index (χ3n) is 5.60. The zero-order chi connectivity index (χ0) is 28.8. The average Bonchev–Trinajstić information content (AvgIpc) is 2.83. The number of carboxylic acids is 1. The Morgan fingerprint density at radius 2 is 1.53 bits per heavy atom. The van der Waals surface area contributed by atoms with Crippen LogP contribution in [0.4, 0.5) is 0 Å². The van der Waals surface area contributed by atoms with Crippen molar-refractivity contribution in [2.75, 3.05) is 6.54 Å². The second-order valence-corrected chi connectivity index (χ2v) is 9.56. The third kappa shape index (κ3) is 12.0. The lowest BCUT2D eigenvalue weighted by molar-refractivity contribution is -0.143. The van der Waals surface area contributed by atoms with E-state index >= 15 is 0 Å². The standard InChI is InChI=1S/C25H41N7O6/c1-14(2)12-18(30-21(34)17(26)10-7-11-29-25(27)28)22(35)32-20(15(3)33)23(36)31-19(24(37)38)13-16-8-5-4-6-9-16/h4-6,8-9,14-15,17-20,33H,7,10-13,26H2,1-3H3,(H,30,34)(H,31,36)(H,32,35)(H,37,38)(H4,27,28,29). The van der Waals surface area contributed by atoms with E-state index in [2.05, 4.69) is 20.9 Å². The van der Waals surface area contributed by atoms with Crippen LogP contribution in [-0.2, 0) is 25.6 Å². The Labute approximate surface area is 222 Å². The molecule has 0 aliphatic heterocycles. The van der Waals surface area contributed by atoms with Gasteiger partial charge in [0.25, 0.3) is 0 Å². The predicted molar refractivity (Wildman–Crippen MR) is 143 cm³/mol. The number of carbonyl (C=O) groups excluding carboxylic acids is 3. The van der Waals surface area contributed by atoms with Crippen molar-refractivity contribution in [2.45, 2.75) is 76.7 Å². The number of nitrogens with one attached hydrogen (secondary N) is 3. The number of aliphatic hydroxyl groups is 1. The van der Waals surface area contributed by atoms with E-state index < -0.39 is 54.0 Å². The van der Waals surface area contributed by atoms with Crippen LogP contribution in [0.2, 0.25) is 0 Å². The average molecular weight is 536 g/mol. The van der Waals surface area contributed by atoms with Crippen molar-refractivity contribution in [3.05, 3.63) is 35.9 Å². The Balaban J connectivity index is 2.89. The van der Waals surface area contributed by atoms with Gasteiger partial charge in [-0.3, -0.25) is 19.4 Å². The first-order valence-electron chi connectivity index (χ1n) is 12.5. The number of rotatable bonds is 16. The number of benzene rings is 1. The van der Waals surface area contributed by atoms with Crippen molar-refractivity contribution < 1.29 is 29.4 Å². The van der Waals surface area contributed by atoms with Gasteiger partial charge in [0.05, 0.1) is 12.1 Å². The smallest absolute Gasteiger partial charge is 0.326 e. The second-order valence-electron chi connectivity index (χ2n) is 9.56. The lowest BCUT2D eigenvalue weighted by atomic mass is 10.0. The van der Waals surface area contributed by atoms with Gasteiger partial charge in [-0.1, -0.05) is 44.2 Å². The Morgan fingerprint density at radius 3 is 2.05 bits per heavy atom. The van der Waals surface area contributed by atoms with Crippen LogP contribution in [0.1, 0.15) is 45.6 Å². The van der Waals surface area contributed by atoms with E-state index in [0.29, 0.717) is 18.5 Å². The molecule has 38 heavy (non-hydrogen) atoms. The zero-order valence-electron chi connectivity index (χ0n) is 22.1. The van der Waals surface area contributed by atoms with Crippen LogP contribution in [0.25, 0.3) is 0 Å². The number of nitrogens with zero attached hydrogens (tertiary/aromatic N) is 1. The van der Waals surface area contributed by atoms with Crippen molar-refractivity contribution in [2.24, 2.45) is 28.1 Å². The Kier molecular flexibility index (Phi) is 13.8. The predicted octanol–water partition coefficient (Wildman–Crippen LogP) is -1.42. The fourth-order valence-electron chi connectivity index (χ4n) is 3.60. The molecule has 0 aliphatic rings. The highest BCUT2D eigenvalue weighted by atomic mass is 16.4. The Bertz CT molecular complexity index is 951. The summed E-state index contributed by atoms with van der Waals surface area (Å²) in [6.07, 6.45) is -0.382. The highest BCUT2D eigenvalue weighted by Crippen LogP contribution is 2.09. The molecule has 0 saturated heterocycles. The van der Waals surface area contributed by atoms with Crippen molar-refractivity contribution in [3.63, 3.8) is 0 Å². The number of aliphatic hydroxyl groups excluding tert-OH is 1. The summed E-state index contributed by atoms with van der Waals surface area (Å²) >= 11 is 0. The molecule has 212 valence electrons. The summed E-state index contributed by atoms with van der Waals surface area (Å²) < 4.78 is 0. The minimum absolute atomic E-state index is 0.00905. The maximum absolute atomic E-state index is 13.1. The first-order valence-corrected chi connectivity index (χ1v) is 12.5. The van der Waals surface area contributed by atoms with Crippen LogP contribution >= 0.6 is 0 Å². The SMILES string of the molecule is CC(C)CC(NC(=O)C(N)CCCN=C(N)N)C(=O)NC(C(=O)NC(Cc1ccccc1)C(=O)O)C(C)O. The number of aliphatic imine (C=N–C) groups is 1. The van der Waals surface area contributed by atoms with Crippen LogP contribution in [-0.4, -0.2) is 76.7 Å². The minimum atomic E-state index is -1.46. The first kappa shape index (κ1) is 32.3. The van der Waals surface area contributed by atoms with E-state index in [-0.39, 0.29) is 31.1 Å². The van der Waals surface area contributed by atoms with E-state index in [4.69, 9.17) is 17.2 Å². The van der Waals surface area contributed by atoms with Crippen LogP contribution in [0.3, 0.4) is 0 Å². The Hall–Kier alpha value is -3.71. The van der Waals surface area contributed by atoms with Gasteiger partial charge in [-0.2, -0.15) is 0 Å². The second kappa shape index (κ2) is 16.2. The molecule has 13 nitrogen and oxygen atoms in total. The topological polar surface area (TPSA) is 235 Å². The molecule has 5 unspecified atom stereocenters. The molecule has 5 atom stereocenters. The summed E-state index contributed by atoms with van der Waals surface area (Å²) in [4.78, 5) is 54.2. The molecule has 0 radical (unpaired) electrons. The number of aliphatic carboxylic acids is 1. The maximum atomic E-state index is 13.1. The van der Waals surface area contributed by atoms with Gasteiger partial charge in [-0.05, 0) is 37.7 Å². The highest BCUT2D eigenvalue weighted by Gasteiger charge is 2.33. The van der Waals surface area contributed by atoms with Gasteiger partial charge in [0.1, 0.15) is 18.1 Å². The Morgan fingerprint density at radius 1 is 0.921 bits per heavy atom. The molecule has 0 fully saturated rings. The van der Waals surface area contributed by atoms with E-state index in [1.165, 1.54) is 6.92 Å². The molecule has 0 aromatic heterocycles. The molecule has 3 amide bonds. The van der Waals surface area contributed by atoms with E-state index in [0.717, 1.165) is 0 Å². The molecule has 0 bridgehead atoms. The van der Waals surface area contributed by atoms with Crippen molar-refractivity contribution in [3.8, 4) is 0 Å². The molecular formula is C25H41N7O6. The number of hydrogen-bond donors (Lipinski definition) is 8. The number of guanidine groups is 1. The zero-order valence-corrected chi connectivity index (χ0v) is 22.1. The van der Waals surface area contributed by atoms with Crippen molar-refractivity contribution in [1.82, 2.24) is 16.0 Å². The lowest BCUT2D eigenvalue weighted by Crippen LogP contribution is -2.60. The fourth-order valence-corrected chi connectivity index (χ4v) is 3.60. The molecule has 0 aliphatic carbocycles. The van der Waals surface area contributed by atoms with Crippen molar-refractivity contribution >= 4 is 29.7 Å². The van der Waals surface area contributed by atoms with Gasteiger partial charge in [0, 0.05) is 13.0 Å². The molecule has 0 heterocycles. The molecule has 13 heteroatoms. The molecule has 0 saturated carbocycles. The largest absolute Gasteiger partial charge is 0.480 e. The number of carboxylic acid groups (broad SMARTS) is 1. The van der Waals surface area contributed by atoms with Gasteiger partial charge in [-0.25, -0.2) is 4.79 Å². The van der Waals surface area contributed by atoms with E-state index in [9.17, 15) is 29.4 Å². The lowest BCUT2D eigenvalue weighted by Gasteiger charge is -2.27. The molecule has 1 aromatic carbocycles. The molecule has 11 N–H and O–H groups in total. The molecule has 0 spiro atoms. The summed E-state index contributed by atoms with van der Waals surface area (Å²) in [7, 11) is 0. The fraction of sp³-hybridized carbons (Fsp3) is 0.560. The monoisotopic (exact) mass is 535 g/mol. The van der Waals surface area contributed by atoms with Crippen LogP contribution < -0.4 is 33.2 Å². The minimum Gasteiger partial charge on any atom is -0.480 e. The molecule has 1 aromatic rings. The number of nitrogens with two attached hydrogens (primary N) is 3. The number of carbonyl (C=O) groups is 4. The highest BCUT2D eigenvalue weighted by molar-refractivity contribution is 5.94.